The molecule has 0 saturated heterocycles. The fourth-order valence-corrected chi connectivity index (χ4v) is 1.53. The largest absolute Gasteiger partial charge is 0.464 e. The molecule has 1 amide bonds. The van der Waals surface area contributed by atoms with Crippen molar-refractivity contribution in [2.24, 2.45) is 0 Å². The highest BCUT2D eigenvalue weighted by Crippen LogP contribution is 2.19. The van der Waals surface area contributed by atoms with Gasteiger partial charge in [0.1, 0.15) is 5.58 Å². The number of fused-ring (bicyclic) bond motifs is 1. The summed E-state index contributed by atoms with van der Waals surface area (Å²) in [6.07, 6.45) is 2.54. The number of amides is 1. The molecule has 2 rings (SSSR count). The molecule has 1 heterocycles. The van der Waals surface area contributed by atoms with Crippen LogP contribution in [-0.2, 0) is 0 Å². The maximum atomic E-state index is 11.8. The van der Waals surface area contributed by atoms with E-state index in [1.807, 2.05) is 31.2 Å². The minimum Gasteiger partial charge on any atom is -0.464 e. The fraction of sp³-hybridized carbons (Fsp3) is 0.250. The normalized spacial score (nSPS) is 10.5. The van der Waals surface area contributed by atoms with E-state index in [0.29, 0.717) is 12.1 Å². The van der Waals surface area contributed by atoms with Crippen LogP contribution in [0.4, 0.5) is 0 Å². The predicted octanol–water partition coefficient (Wildman–Crippen LogP) is 2.57. The Morgan fingerprint density at radius 2 is 2.27 bits per heavy atom. The molecule has 0 bridgehead atoms. The Morgan fingerprint density at radius 1 is 1.40 bits per heavy atom. The zero-order chi connectivity index (χ0) is 10.7. The van der Waals surface area contributed by atoms with Crippen LogP contribution in [0.2, 0.25) is 0 Å². The third-order valence-corrected chi connectivity index (χ3v) is 2.28. The Kier molecular flexibility index (Phi) is 2.72. The van der Waals surface area contributed by atoms with Gasteiger partial charge in [0.2, 0.25) is 0 Å². The summed E-state index contributed by atoms with van der Waals surface area (Å²) in [7, 11) is 0. The molecule has 3 heteroatoms. The molecule has 0 aliphatic heterocycles. The van der Waals surface area contributed by atoms with E-state index in [4.69, 9.17) is 4.42 Å². The quantitative estimate of drug-likeness (QED) is 0.833. The summed E-state index contributed by atoms with van der Waals surface area (Å²) in [6.45, 7) is 2.73. The van der Waals surface area contributed by atoms with Gasteiger partial charge in [0.05, 0.1) is 11.8 Å². The molecule has 0 aliphatic carbocycles. The highest BCUT2D eigenvalue weighted by molar-refractivity contribution is 6.05. The van der Waals surface area contributed by atoms with Crippen molar-refractivity contribution in [2.75, 3.05) is 6.54 Å². The summed E-state index contributed by atoms with van der Waals surface area (Å²) in [6, 6.07) is 7.30. The van der Waals surface area contributed by atoms with Gasteiger partial charge in [-0.3, -0.25) is 4.79 Å². The lowest BCUT2D eigenvalue weighted by atomic mass is 10.1. The lowest BCUT2D eigenvalue weighted by molar-refractivity contribution is 0.0955. The SMILES string of the molecule is CCCNC(=O)c1cccc2occc12. The zero-order valence-electron chi connectivity index (χ0n) is 8.62. The summed E-state index contributed by atoms with van der Waals surface area (Å²) >= 11 is 0. The average Bonchev–Trinajstić information content (AvgIpc) is 2.73. The number of benzene rings is 1. The van der Waals surface area contributed by atoms with E-state index in [9.17, 15) is 4.79 Å². The van der Waals surface area contributed by atoms with Crippen LogP contribution in [0.15, 0.2) is 34.9 Å². The molecule has 1 aromatic heterocycles. The Morgan fingerprint density at radius 3 is 3.07 bits per heavy atom. The first-order chi connectivity index (χ1) is 7.33. The van der Waals surface area contributed by atoms with Crippen LogP contribution >= 0.6 is 0 Å². The highest BCUT2D eigenvalue weighted by atomic mass is 16.3. The summed E-state index contributed by atoms with van der Waals surface area (Å²) in [5.74, 6) is -0.0381. The molecular weight excluding hydrogens is 190 g/mol. The summed E-state index contributed by atoms with van der Waals surface area (Å²) in [5, 5.41) is 3.72. The minimum absolute atomic E-state index is 0.0381. The molecule has 0 atom stereocenters. The van der Waals surface area contributed by atoms with Crippen LogP contribution in [0.5, 0.6) is 0 Å². The molecule has 0 saturated carbocycles. The molecule has 0 radical (unpaired) electrons. The van der Waals surface area contributed by atoms with Crippen molar-refractivity contribution in [1.29, 1.82) is 0 Å². The zero-order valence-corrected chi connectivity index (χ0v) is 8.62. The molecule has 1 aromatic carbocycles. The molecular formula is C12H13NO2. The molecule has 15 heavy (non-hydrogen) atoms. The highest BCUT2D eigenvalue weighted by Gasteiger charge is 2.09. The maximum absolute atomic E-state index is 11.8. The van der Waals surface area contributed by atoms with E-state index in [0.717, 1.165) is 17.4 Å². The molecule has 78 valence electrons. The van der Waals surface area contributed by atoms with Crippen molar-refractivity contribution >= 4 is 16.9 Å². The number of carbonyl (C=O) groups excluding carboxylic acids is 1. The molecule has 0 spiro atoms. The first kappa shape index (κ1) is 9.77. The van der Waals surface area contributed by atoms with Gasteiger partial charge in [-0.1, -0.05) is 13.0 Å². The van der Waals surface area contributed by atoms with Crippen molar-refractivity contribution < 1.29 is 9.21 Å². The molecule has 3 nitrogen and oxygen atoms in total. The van der Waals surface area contributed by atoms with Gasteiger partial charge in [0.15, 0.2) is 0 Å². The van der Waals surface area contributed by atoms with Gasteiger partial charge in [0.25, 0.3) is 5.91 Å². The number of furan rings is 1. The molecule has 0 aliphatic rings. The molecule has 1 N–H and O–H groups in total. The van der Waals surface area contributed by atoms with Gasteiger partial charge in [-0.15, -0.1) is 0 Å². The fourth-order valence-electron chi connectivity index (χ4n) is 1.53. The van der Waals surface area contributed by atoms with Crippen LogP contribution in [0.1, 0.15) is 23.7 Å². The second kappa shape index (κ2) is 4.17. The Labute approximate surface area is 88.1 Å². The maximum Gasteiger partial charge on any atom is 0.252 e. The summed E-state index contributed by atoms with van der Waals surface area (Å²) in [5.41, 5.74) is 1.42. The number of hydrogen-bond donors (Lipinski definition) is 1. The smallest absolute Gasteiger partial charge is 0.252 e. The van der Waals surface area contributed by atoms with Crippen LogP contribution in [0.25, 0.3) is 11.0 Å². The monoisotopic (exact) mass is 203 g/mol. The van der Waals surface area contributed by atoms with Crippen LogP contribution < -0.4 is 5.32 Å². The van der Waals surface area contributed by atoms with Crippen molar-refractivity contribution in [1.82, 2.24) is 5.32 Å². The van der Waals surface area contributed by atoms with E-state index < -0.39 is 0 Å². The van der Waals surface area contributed by atoms with Crippen molar-refractivity contribution in [3.8, 4) is 0 Å². The lowest BCUT2D eigenvalue weighted by Crippen LogP contribution is -2.23. The van der Waals surface area contributed by atoms with Gasteiger partial charge in [-0.25, -0.2) is 0 Å². The van der Waals surface area contributed by atoms with Gasteiger partial charge >= 0.3 is 0 Å². The summed E-state index contributed by atoms with van der Waals surface area (Å²) in [4.78, 5) is 11.8. The molecule has 2 aromatic rings. The van der Waals surface area contributed by atoms with Crippen LogP contribution in [0, 0.1) is 0 Å². The van der Waals surface area contributed by atoms with Gasteiger partial charge in [-0.05, 0) is 24.6 Å². The van der Waals surface area contributed by atoms with E-state index in [1.54, 1.807) is 6.26 Å². The third-order valence-electron chi connectivity index (χ3n) is 2.28. The van der Waals surface area contributed by atoms with Gasteiger partial charge in [0, 0.05) is 11.9 Å². The summed E-state index contributed by atoms with van der Waals surface area (Å²) < 4.78 is 5.23. The van der Waals surface area contributed by atoms with E-state index in [1.165, 1.54) is 0 Å². The number of carbonyl (C=O) groups is 1. The minimum atomic E-state index is -0.0381. The van der Waals surface area contributed by atoms with Crippen molar-refractivity contribution in [2.45, 2.75) is 13.3 Å². The molecule has 0 unspecified atom stereocenters. The number of rotatable bonds is 3. The van der Waals surface area contributed by atoms with Crippen LogP contribution in [0.3, 0.4) is 0 Å². The second-order valence-corrected chi connectivity index (χ2v) is 3.39. The average molecular weight is 203 g/mol. The Bertz CT molecular complexity index is 473. The van der Waals surface area contributed by atoms with Crippen molar-refractivity contribution in [3.63, 3.8) is 0 Å². The van der Waals surface area contributed by atoms with E-state index >= 15 is 0 Å². The predicted molar refractivity (Wildman–Crippen MR) is 58.8 cm³/mol. The second-order valence-electron chi connectivity index (χ2n) is 3.39. The third kappa shape index (κ3) is 1.86. The first-order valence-electron chi connectivity index (χ1n) is 5.07. The van der Waals surface area contributed by atoms with Gasteiger partial charge in [-0.2, -0.15) is 0 Å². The lowest BCUT2D eigenvalue weighted by Gasteiger charge is -2.03. The standard InChI is InChI=1S/C12H13NO2/c1-2-7-13-12(14)10-4-3-5-11-9(10)6-8-15-11/h3-6,8H,2,7H2,1H3,(H,13,14). The van der Waals surface area contributed by atoms with E-state index in [-0.39, 0.29) is 5.91 Å². The van der Waals surface area contributed by atoms with Crippen molar-refractivity contribution in [3.05, 3.63) is 36.1 Å². The topological polar surface area (TPSA) is 42.2 Å². The van der Waals surface area contributed by atoms with Crippen LogP contribution in [-0.4, -0.2) is 12.5 Å². The Balaban J connectivity index is 2.34. The Hall–Kier alpha value is -1.77. The first-order valence-corrected chi connectivity index (χ1v) is 5.07. The van der Waals surface area contributed by atoms with E-state index in [2.05, 4.69) is 5.32 Å². The number of hydrogen-bond acceptors (Lipinski definition) is 2. The van der Waals surface area contributed by atoms with Gasteiger partial charge < -0.3 is 9.73 Å². The number of nitrogens with one attached hydrogen (secondary N) is 1. The molecule has 0 fully saturated rings.